The van der Waals surface area contributed by atoms with Crippen LogP contribution in [0.3, 0.4) is 0 Å². The number of aliphatic hydroxyl groups is 1. The van der Waals surface area contributed by atoms with Crippen LogP contribution in [0.25, 0.3) is 0 Å². The zero-order valence-corrected chi connectivity index (χ0v) is 12.6. The van der Waals surface area contributed by atoms with Gasteiger partial charge in [-0.15, -0.1) is 0 Å². The van der Waals surface area contributed by atoms with Crippen LogP contribution in [0.5, 0.6) is 0 Å². The summed E-state index contributed by atoms with van der Waals surface area (Å²) in [6.45, 7) is 5.55. The molecule has 0 saturated heterocycles. The van der Waals surface area contributed by atoms with Crippen LogP contribution in [-0.2, 0) is 10.0 Å². The lowest BCUT2D eigenvalue weighted by atomic mass is 10.0. The van der Waals surface area contributed by atoms with E-state index in [1.807, 2.05) is 51.1 Å². The molecule has 0 fully saturated rings. The quantitative estimate of drug-likeness (QED) is 0.831. The maximum Gasteiger partial charge on any atom is 0.215 e. The predicted molar refractivity (Wildman–Crippen MR) is 77.6 cm³/mol. The average molecular weight is 285 g/mol. The van der Waals surface area contributed by atoms with E-state index in [1.54, 1.807) is 0 Å². The first-order valence-corrected chi connectivity index (χ1v) is 8.14. The van der Waals surface area contributed by atoms with Crippen molar-refractivity contribution >= 4 is 10.0 Å². The van der Waals surface area contributed by atoms with Crippen molar-refractivity contribution < 1.29 is 13.5 Å². The van der Waals surface area contributed by atoms with Gasteiger partial charge < -0.3 is 5.11 Å². The Morgan fingerprint density at radius 1 is 1.16 bits per heavy atom. The summed E-state index contributed by atoms with van der Waals surface area (Å²) in [4.78, 5) is 0. The lowest BCUT2D eigenvalue weighted by molar-refractivity contribution is 0.236. The third kappa shape index (κ3) is 4.60. The molecule has 0 aromatic heterocycles. The fraction of sp³-hybridized carbons (Fsp3) is 0.571. The predicted octanol–water partition coefficient (Wildman–Crippen LogP) is 1.82. The molecule has 108 valence electrons. The minimum absolute atomic E-state index is 0.0638. The van der Waals surface area contributed by atoms with E-state index < -0.39 is 10.0 Å². The van der Waals surface area contributed by atoms with Gasteiger partial charge in [-0.1, -0.05) is 37.3 Å². The van der Waals surface area contributed by atoms with Crippen molar-refractivity contribution in [1.82, 2.24) is 4.31 Å². The summed E-state index contributed by atoms with van der Waals surface area (Å²) < 4.78 is 26.1. The van der Waals surface area contributed by atoms with Crippen molar-refractivity contribution in [1.29, 1.82) is 0 Å². The van der Waals surface area contributed by atoms with E-state index in [0.29, 0.717) is 0 Å². The van der Waals surface area contributed by atoms with Gasteiger partial charge in [0.15, 0.2) is 0 Å². The van der Waals surface area contributed by atoms with Gasteiger partial charge in [0.2, 0.25) is 10.0 Å². The van der Waals surface area contributed by atoms with Gasteiger partial charge in [-0.05, 0) is 25.3 Å². The lowest BCUT2D eigenvalue weighted by Crippen LogP contribution is -2.41. The van der Waals surface area contributed by atoms with E-state index in [2.05, 4.69) is 0 Å². The van der Waals surface area contributed by atoms with Gasteiger partial charge in [-0.3, -0.25) is 0 Å². The summed E-state index contributed by atoms with van der Waals surface area (Å²) in [6.07, 6.45) is 0. The topological polar surface area (TPSA) is 57.6 Å². The first-order valence-electron chi connectivity index (χ1n) is 6.53. The molecule has 1 aromatic rings. The fourth-order valence-electron chi connectivity index (χ4n) is 2.11. The number of hydrogen-bond acceptors (Lipinski definition) is 3. The summed E-state index contributed by atoms with van der Waals surface area (Å²) in [6, 6.07) is 9.47. The molecule has 0 saturated carbocycles. The number of sulfonamides is 1. The number of aliphatic hydroxyl groups excluding tert-OH is 1. The molecule has 19 heavy (non-hydrogen) atoms. The molecule has 0 aliphatic carbocycles. The van der Waals surface area contributed by atoms with Crippen molar-refractivity contribution in [3.05, 3.63) is 35.9 Å². The van der Waals surface area contributed by atoms with Crippen molar-refractivity contribution in [3.63, 3.8) is 0 Å². The first kappa shape index (κ1) is 16.1. The van der Waals surface area contributed by atoms with Gasteiger partial charge in [0.1, 0.15) is 0 Å². The van der Waals surface area contributed by atoms with E-state index in [-0.39, 0.29) is 30.9 Å². The van der Waals surface area contributed by atoms with Crippen LogP contribution >= 0.6 is 0 Å². The Morgan fingerprint density at radius 3 is 2.21 bits per heavy atom. The summed E-state index contributed by atoms with van der Waals surface area (Å²) >= 11 is 0. The number of benzene rings is 1. The number of nitrogens with zero attached hydrogens (tertiary/aromatic N) is 1. The molecule has 0 amide bonds. The van der Waals surface area contributed by atoms with E-state index in [1.165, 1.54) is 4.31 Å². The van der Waals surface area contributed by atoms with E-state index in [0.717, 1.165) is 5.56 Å². The van der Waals surface area contributed by atoms with Gasteiger partial charge in [0.25, 0.3) is 0 Å². The van der Waals surface area contributed by atoms with Gasteiger partial charge in [-0.25, -0.2) is 8.42 Å². The Kier molecular flexibility index (Phi) is 5.97. The second-order valence-electron chi connectivity index (χ2n) is 5.02. The van der Waals surface area contributed by atoms with Crippen LogP contribution in [0, 0.1) is 0 Å². The third-order valence-corrected chi connectivity index (χ3v) is 5.32. The summed E-state index contributed by atoms with van der Waals surface area (Å²) in [5, 5.41) is 8.99. The molecular formula is C14H23NO3S. The molecule has 0 bridgehead atoms. The molecule has 0 aliphatic heterocycles. The average Bonchev–Trinajstić information content (AvgIpc) is 2.35. The minimum Gasteiger partial charge on any atom is -0.395 e. The Labute approximate surface area is 116 Å². The monoisotopic (exact) mass is 285 g/mol. The Bertz CT molecular complexity index is 471. The summed E-state index contributed by atoms with van der Waals surface area (Å²) in [7, 11) is -3.36. The van der Waals surface area contributed by atoms with Crippen LogP contribution < -0.4 is 0 Å². The highest BCUT2D eigenvalue weighted by atomic mass is 32.2. The van der Waals surface area contributed by atoms with Crippen LogP contribution in [0.4, 0.5) is 0 Å². The largest absolute Gasteiger partial charge is 0.395 e. The van der Waals surface area contributed by atoms with Crippen molar-refractivity contribution in [2.75, 3.05) is 18.9 Å². The minimum atomic E-state index is -3.36. The molecule has 1 N–H and O–H groups in total. The highest BCUT2D eigenvalue weighted by molar-refractivity contribution is 7.89. The molecule has 5 heteroatoms. The van der Waals surface area contributed by atoms with Crippen molar-refractivity contribution in [3.8, 4) is 0 Å². The Hall–Kier alpha value is -0.910. The molecule has 0 heterocycles. The lowest BCUT2D eigenvalue weighted by Gasteiger charge is -2.26. The molecule has 0 aliphatic rings. The van der Waals surface area contributed by atoms with Crippen LogP contribution in [0.15, 0.2) is 30.3 Å². The molecule has 1 atom stereocenters. The smallest absolute Gasteiger partial charge is 0.215 e. The maximum atomic E-state index is 12.4. The van der Waals surface area contributed by atoms with Gasteiger partial charge in [0.05, 0.1) is 12.4 Å². The van der Waals surface area contributed by atoms with Crippen LogP contribution in [0.2, 0.25) is 0 Å². The molecule has 1 aromatic carbocycles. The number of hydrogen-bond donors (Lipinski definition) is 1. The van der Waals surface area contributed by atoms with Gasteiger partial charge in [-0.2, -0.15) is 4.31 Å². The van der Waals surface area contributed by atoms with E-state index in [9.17, 15) is 8.42 Å². The fourth-order valence-corrected chi connectivity index (χ4v) is 4.12. The van der Waals surface area contributed by atoms with E-state index in [4.69, 9.17) is 5.11 Å². The summed E-state index contributed by atoms with van der Waals surface area (Å²) in [5.41, 5.74) is 1.01. The zero-order valence-electron chi connectivity index (χ0n) is 11.8. The van der Waals surface area contributed by atoms with Crippen molar-refractivity contribution in [2.24, 2.45) is 0 Å². The first-order chi connectivity index (χ1) is 8.88. The molecule has 1 rings (SSSR count). The zero-order chi connectivity index (χ0) is 14.5. The van der Waals surface area contributed by atoms with E-state index >= 15 is 0 Å². The second-order valence-corrected chi connectivity index (χ2v) is 6.98. The maximum absolute atomic E-state index is 12.4. The highest BCUT2D eigenvalue weighted by Crippen LogP contribution is 2.19. The molecular weight excluding hydrogens is 262 g/mol. The SMILES string of the molecule is CC(CS(=O)(=O)N(CCO)C(C)C)c1ccccc1. The molecule has 0 spiro atoms. The number of rotatable bonds is 7. The molecule has 0 radical (unpaired) electrons. The Morgan fingerprint density at radius 2 is 1.74 bits per heavy atom. The summed E-state index contributed by atoms with van der Waals surface area (Å²) in [5.74, 6) is 0.000919. The second kappa shape index (κ2) is 7.03. The standard InChI is InChI=1S/C14H23NO3S/c1-12(2)15(9-10-16)19(17,18)11-13(3)14-7-5-4-6-8-14/h4-8,12-13,16H,9-11H2,1-3H3. The third-order valence-electron chi connectivity index (χ3n) is 3.08. The molecule has 4 nitrogen and oxygen atoms in total. The van der Waals surface area contributed by atoms with Crippen LogP contribution in [-0.4, -0.2) is 42.8 Å². The van der Waals surface area contributed by atoms with Crippen molar-refractivity contribution in [2.45, 2.75) is 32.7 Å². The van der Waals surface area contributed by atoms with Crippen LogP contribution in [0.1, 0.15) is 32.3 Å². The normalized spacial score (nSPS) is 14.0. The van der Waals surface area contributed by atoms with Gasteiger partial charge >= 0.3 is 0 Å². The molecule has 1 unspecified atom stereocenters. The Balaban J connectivity index is 2.84. The highest BCUT2D eigenvalue weighted by Gasteiger charge is 2.26. The van der Waals surface area contributed by atoms with Gasteiger partial charge in [0, 0.05) is 12.6 Å².